The van der Waals surface area contributed by atoms with E-state index in [0.29, 0.717) is 42.7 Å². The SMILES string of the molecule is CC(=O)N1C[C@@H]2CCN(Cc3c(F)cccc3Cl)C[C@]2(CO)C1. The Labute approximate surface area is 140 Å². The molecule has 0 spiro atoms. The normalized spacial score (nSPS) is 28.0. The molecule has 2 fully saturated rings. The maximum absolute atomic E-state index is 14.0. The van der Waals surface area contributed by atoms with Gasteiger partial charge in [-0.05, 0) is 31.0 Å². The lowest BCUT2D eigenvalue weighted by molar-refractivity contribution is -0.128. The molecule has 0 aromatic heterocycles. The Morgan fingerprint density at radius 2 is 2.26 bits per heavy atom. The van der Waals surface area contributed by atoms with E-state index in [4.69, 9.17) is 11.6 Å². The first kappa shape index (κ1) is 16.7. The average molecular weight is 341 g/mol. The molecule has 2 saturated heterocycles. The molecule has 0 radical (unpaired) electrons. The highest BCUT2D eigenvalue weighted by molar-refractivity contribution is 6.31. The maximum Gasteiger partial charge on any atom is 0.219 e. The number of fused-ring (bicyclic) bond motifs is 1. The predicted octanol–water partition coefficient (Wildman–Crippen LogP) is 2.14. The van der Waals surface area contributed by atoms with Crippen LogP contribution >= 0.6 is 11.6 Å². The van der Waals surface area contributed by atoms with Crippen LogP contribution in [0, 0.1) is 17.2 Å². The Balaban J connectivity index is 1.76. The lowest BCUT2D eigenvalue weighted by Crippen LogP contribution is -2.50. The van der Waals surface area contributed by atoms with Crippen LogP contribution in [0.15, 0.2) is 18.2 Å². The van der Waals surface area contributed by atoms with Gasteiger partial charge in [0, 0.05) is 49.1 Å². The van der Waals surface area contributed by atoms with Crippen molar-refractivity contribution in [3.8, 4) is 0 Å². The molecule has 0 unspecified atom stereocenters. The van der Waals surface area contributed by atoms with Crippen molar-refractivity contribution in [2.45, 2.75) is 19.9 Å². The van der Waals surface area contributed by atoms with Crippen molar-refractivity contribution < 1.29 is 14.3 Å². The van der Waals surface area contributed by atoms with Crippen LogP contribution in [0.3, 0.4) is 0 Å². The fraction of sp³-hybridized carbons (Fsp3) is 0.588. The van der Waals surface area contributed by atoms with Crippen LogP contribution in [0.5, 0.6) is 0 Å². The van der Waals surface area contributed by atoms with Crippen molar-refractivity contribution in [3.05, 3.63) is 34.6 Å². The molecule has 1 N–H and O–H groups in total. The molecular formula is C17H22ClFN2O2. The number of carbonyl (C=O) groups excluding carboxylic acids is 1. The van der Waals surface area contributed by atoms with Crippen molar-refractivity contribution in [1.29, 1.82) is 0 Å². The van der Waals surface area contributed by atoms with Gasteiger partial charge in [-0.25, -0.2) is 4.39 Å². The van der Waals surface area contributed by atoms with Crippen molar-refractivity contribution in [2.75, 3.05) is 32.8 Å². The van der Waals surface area contributed by atoms with Gasteiger partial charge in [0.15, 0.2) is 0 Å². The zero-order valence-electron chi connectivity index (χ0n) is 13.3. The highest BCUT2D eigenvalue weighted by Crippen LogP contribution is 2.42. The first-order valence-electron chi connectivity index (χ1n) is 7.97. The summed E-state index contributed by atoms with van der Waals surface area (Å²) < 4.78 is 14.0. The number of aliphatic hydroxyl groups excluding tert-OH is 1. The van der Waals surface area contributed by atoms with E-state index in [2.05, 4.69) is 4.90 Å². The number of likely N-dealkylation sites (tertiary alicyclic amines) is 2. The molecule has 4 nitrogen and oxygen atoms in total. The first-order chi connectivity index (χ1) is 10.9. The van der Waals surface area contributed by atoms with Gasteiger partial charge in [0.2, 0.25) is 5.91 Å². The molecule has 23 heavy (non-hydrogen) atoms. The van der Waals surface area contributed by atoms with Crippen LogP contribution in [0.1, 0.15) is 18.9 Å². The number of hydrogen-bond donors (Lipinski definition) is 1. The van der Waals surface area contributed by atoms with E-state index in [-0.39, 0.29) is 23.7 Å². The number of rotatable bonds is 3. The Morgan fingerprint density at radius 1 is 1.48 bits per heavy atom. The minimum absolute atomic E-state index is 0.0446. The summed E-state index contributed by atoms with van der Waals surface area (Å²) in [6.45, 7) is 4.81. The monoisotopic (exact) mass is 340 g/mol. The summed E-state index contributed by atoms with van der Waals surface area (Å²) in [6.07, 6.45) is 0.899. The Kier molecular flexibility index (Phi) is 4.63. The molecule has 2 aliphatic rings. The average Bonchev–Trinajstić information content (AvgIpc) is 2.91. The fourth-order valence-corrected chi connectivity index (χ4v) is 4.21. The van der Waals surface area contributed by atoms with Crippen LogP contribution in [0.2, 0.25) is 5.02 Å². The van der Waals surface area contributed by atoms with Gasteiger partial charge in [-0.2, -0.15) is 0 Å². The number of piperidine rings is 1. The number of benzene rings is 1. The van der Waals surface area contributed by atoms with Gasteiger partial charge < -0.3 is 10.0 Å². The number of amides is 1. The summed E-state index contributed by atoms with van der Waals surface area (Å²) in [6, 6.07) is 4.72. The highest BCUT2D eigenvalue weighted by atomic mass is 35.5. The van der Waals surface area contributed by atoms with Crippen molar-refractivity contribution in [1.82, 2.24) is 9.80 Å². The third kappa shape index (κ3) is 3.10. The quantitative estimate of drug-likeness (QED) is 0.917. The Morgan fingerprint density at radius 3 is 2.91 bits per heavy atom. The molecule has 0 saturated carbocycles. The maximum atomic E-state index is 14.0. The van der Waals surface area contributed by atoms with Gasteiger partial charge in [-0.3, -0.25) is 9.69 Å². The van der Waals surface area contributed by atoms with E-state index in [9.17, 15) is 14.3 Å². The third-order valence-electron chi connectivity index (χ3n) is 5.35. The zero-order chi connectivity index (χ0) is 16.6. The molecule has 0 aliphatic carbocycles. The third-order valence-corrected chi connectivity index (χ3v) is 5.70. The minimum Gasteiger partial charge on any atom is -0.396 e. The summed E-state index contributed by atoms with van der Waals surface area (Å²) >= 11 is 6.12. The van der Waals surface area contributed by atoms with Crippen LogP contribution in [0.4, 0.5) is 4.39 Å². The van der Waals surface area contributed by atoms with Crippen molar-refractivity contribution >= 4 is 17.5 Å². The number of carbonyl (C=O) groups is 1. The van der Waals surface area contributed by atoms with E-state index in [1.165, 1.54) is 6.07 Å². The summed E-state index contributed by atoms with van der Waals surface area (Å²) in [7, 11) is 0. The van der Waals surface area contributed by atoms with E-state index in [0.717, 1.165) is 13.0 Å². The summed E-state index contributed by atoms with van der Waals surface area (Å²) in [5.41, 5.74) is 0.198. The minimum atomic E-state index is -0.304. The van der Waals surface area contributed by atoms with Crippen LogP contribution in [0.25, 0.3) is 0 Å². The predicted molar refractivity (Wildman–Crippen MR) is 86.6 cm³/mol. The molecule has 0 bridgehead atoms. The molecule has 2 heterocycles. The van der Waals surface area contributed by atoms with Crippen LogP contribution in [-0.2, 0) is 11.3 Å². The van der Waals surface area contributed by atoms with Gasteiger partial charge >= 0.3 is 0 Å². The number of aliphatic hydroxyl groups is 1. The second kappa shape index (κ2) is 6.38. The molecule has 2 atom stereocenters. The number of halogens is 2. The smallest absolute Gasteiger partial charge is 0.219 e. The van der Waals surface area contributed by atoms with Gasteiger partial charge in [0.25, 0.3) is 0 Å². The van der Waals surface area contributed by atoms with E-state index >= 15 is 0 Å². The van der Waals surface area contributed by atoms with Gasteiger partial charge in [-0.1, -0.05) is 17.7 Å². The lowest BCUT2D eigenvalue weighted by atomic mass is 9.74. The lowest BCUT2D eigenvalue weighted by Gasteiger charge is -2.43. The number of nitrogens with zero attached hydrogens (tertiary/aromatic N) is 2. The molecule has 1 aromatic rings. The molecule has 6 heteroatoms. The molecule has 2 aliphatic heterocycles. The Hall–Kier alpha value is -1.17. The molecular weight excluding hydrogens is 319 g/mol. The number of hydrogen-bond acceptors (Lipinski definition) is 3. The zero-order valence-corrected chi connectivity index (χ0v) is 14.0. The molecule has 1 amide bonds. The fourth-order valence-electron chi connectivity index (χ4n) is 3.98. The second-order valence-corrected chi connectivity index (χ2v) is 7.22. The Bertz CT molecular complexity index is 592. The first-order valence-corrected chi connectivity index (χ1v) is 8.34. The van der Waals surface area contributed by atoms with Gasteiger partial charge in [-0.15, -0.1) is 0 Å². The van der Waals surface area contributed by atoms with Crippen LogP contribution in [-0.4, -0.2) is 53.6 Å². The standard InChI is InChI=1S/C17H22ClFN2O2/c1-12(23)21-7-13-5-6-20(9-17(13,10-21)11-22)8-14-15(18)3-2-4-16(14)19/h2-4,13,22H,5-11H2,1H3/t13-,17+/m0/s1. The second-order valence-electron chi connectivity index (χ2n) is 6.82. The summed E-state index contributed by atoms with van der Waals surface area (Å²) in [4.78, 5) is 15.6. The summed E-state index contributed by atoms with van der Waals surface area (Å²) in [5, 5.41) is 10.4. The van der Waals surface area contributed by atoms with Crippen molar-refractivity contribution in [3.63, 3.8) is 0 Å². The molecule has 126 valence electrons. The van der Waals surface area contributed by atoms with Crippen molar-refractivity contribution in [2.24, 2.45) is 11.3 Å². The van der Waals surface area contributed by atoms with Gasteiger partial charge in [0.05, 0.1) is 6.61 Å². The van der Waals surface area contributed by atoms with Gasteiger partial charge in [0.1, 0.15) is 5.82 Å². The molecule has 3 rings (SSSR count). The van der Waals surface area contributed by atoms with E-state index < -0.39 is 0 Å². The molecule has 1 aromatic carbocycles. The largest absolute Gasteiger partial charge is 0.396 e. The topological polar surface area (TPSA) is 43.8 Å². The highest BCUT2D eigenvalue weighted by Gasteiger charge is 2.50. The van der Waals surface area contributed by atoms with Crippen LogP contribution < -0.4 is 0 Å². The van der Waals surface area contributed by atoms with E-state index in [1.807, 2.05) is 4.90 Å². The summed E-state index contributed by atoms with van der Waals surface area (Å²) in [5.74, 6) is 0.0640. The van der Waals surface area contributed by atoms with E-state index in [1.54, 1.807) is 19.1 Å².